The van der Waals surface area contributed by atoms with E-state index in [9.17, 15) is 9.59 Å². The Bertz CT molecular complexity index is 534. The van der Waals surface area contributed by atoms with E-state index >= 15 is 0 Å². The first-order valence-corrected chi connectivity index (χ1v) is 5.77. The zero-order valence-electron chi connectivity index (χ0n) is 11.1. The van der Waals surface area contributed by atoms with Crippen LogP contribution in [0.1, 0.15) is 18.1 Å². The number of nitriles is 1. The maximum atomic E-state index is 11.7. The molecule has 1 atom stereocenters. The highest BCUT2D eigenvalue weighted by atomic mass is 16.2. The summed E-state index contributed by atoms with van der Waals surface area (Å²) in [7, 11) is 1.43. The maximum absolute atomic E-state index is 11.7. The number of nitrogens with zero attached hydrogens (tertiary/aromatic N) is 1. The molecule has 0 saturated heterocycles. The van der Waals surface area contributed by atoms with Crippen molar-refractivity contribution in [3.8, 4) is 6.07 Å². The van der Waals surface area contributed by atoms with E-state index in [0.29, 0.717) is 11.3 Å². The van der Waals surface area contributed by atoms with E-state index in [-0.39, 0.29) is 0 Å². The summed E-state index contributed by atoms with van der Waals surface area (Å²) in [5, 5.41) is 16.3. The van der Waals surface area contributed by atoms with Gasteiger partial charge < -0.3 is 10.6 Å². The van der Waals surface area contributed by atoms with Crippen molar-refractivity contribution >= 4 is 17.6 Å². The lowest BCUT2D eigenvalue weighted by atomic mass is 10.1. The van der Waals surface area contributed by atoms with E-state index in [1.54, 1.807) is 25.1 Å². The number of amides is 3. The van der Waals surface area contributed by atoms with Gasteiger partial charge in [0.2, 0.25) is 5.91 Å². The number of imide groups is 1. The molecule has 0 spiro atoms. The molecule has 6 heteroatoms. The molecule has 3 amide bonds. The topological polar surface area (TPSA) is 94.0 Å². The number of benzene rings is 1. The van der Waals surface area contributed by atoms with Crippen molar-refractivity contribution in [2.45, 2.75) is 19.9 Å². The lowest BCUT2D eigenvalue weighted by Gasteiger charge is -2.16. The zero-order chi connectivity index (χ0) is 14.4. The fraction of sp³-hybridized carbons (Fsp3) is 0.308. The molecule has 0 bridgehead atoms. The molecule has 0 radical (unpaired) electrons. The Morgan fingerprint density at radius 2 is 2.05 bits per heavy atom. The molecule has 1 rings (SSSR count). The lowest BCUT2D eigenvalue weighted by molar-refractivity contribution is -0.120. The van der Waals surface area contributed by atoms with Gasteiger partial charge in [-0.25, -0.2) is 4.79 Å². The molecule has 0 heterocycles. The summed E-state index contributed by atoms with van der Waals surface area (Å²) in [6, 6.07) is 6.05. The third-order valence-electron chi connectivity index (χ3n) is 2.60. The minimum atomic E-state index is -0.593. The van der Waals surface area contributed by atoms with Crippen LogP contribution < -0.4 is 16.0 Å². The minimum absolute atomic E-state index is 0.443. The number of urea groups is 1. The summed E-state index contributed by atoms with van der Waals surface area (Å²) in [6.45, 7) is 3.50. The van der Waals surface area contributed by atoms with Crippen molar-refractivity contribution in [1.82, 2.24) is 10.6 Å². The zero-order valence-corrected chi connectivity index (χ0v) is 11.1. The maximum Gasteiger partial charge on any atom is 0.321 e. The van der Waals surface area contributed by atoms with Crippen LogP contribution in [0, 0.1) is 18.3 Å². The molecule has 0 aromatic heterocycles. The van der Waals surface area contributed by atoms with Crippen LogP contribution in [0.15, 0.2) is 18.2 Å². The number of hydrogen-bond donors (Lipinski definition) is 3. The van der Waals surface area contributed by atoms with Crippen LogP contribution in [-0.2, 0) is 4.79 Å². The second-order valence-electron chi connectivity index (χ2n) is 4.08. The molecule has 100 valence electrons. The van der Waals surface area contributed by atoms with Crippen molar-refractivity contribution in [2.75, 3.05) is 12.4 Å². The fourth-order valence-corrected chi connectivity index (χ4v) is 1.43. The quantitative estimate of drug-likeness (QED) is 0.759. The summed E-state index contributed by atoms with van der Waals surface area (Å²) in [6.07, 6.45) is 0. The van der Waals surface area contributed by atoms with E-state index < -0.39 is 18.0 Å². The van der Waals surface area contributed by atoms with Gasteiger partial charge in [-0.15, -0.1) is 0 Å². The van der Waals surface area contributed by atoms with Gasteiger partial charge in [0.1, 0.15) is 6.04 Å². The monoisotopic (exact) mass is 260 g/mol. The number of carbonyl (C=O) groups excluding carboxylic acids is 2. The average molecular weight is 260 g/mol. The number of rotatable bonds is 3. The van der Waals surface area contributed by atoms with Gasteiger partial charge >= 0.3 is 6.03 Å². The van der Waals surface area contributed by atoms with Crippen molar-refractivity contribution in [2.24, 2.45) is 0 Å². The number of aryl methyl sites for hydroxylation is 1. The van der Waals surface area contributed by atoms with Crippen LogP contribution in [0.25, 0.3) is 0 Å². The van der Waals surface area contributed by atoms with Gasteiger partial charge in [0.05, 0.1) is 11.6 Å². The van der Waals surface area contributed by atoms with Gasteiger partial charge in [0.25, 0.3) is 0 Å². The first-order valence-electron chi connectivity index (χ1n) is 5.77. The van der Waals surface area contributed by atoms with Crippen molar-refractivity contribution in [3.63, 3.8) is 0 Å². The van der Waals surface area contributed by atoms with Crippen LogP contribution in [0.2, 0.25) is 0 Å². The molecular formula is C13H16N4O2. The SMILES string of the molecule is CNC(=O)NC(=O)C(C)Nc1cc(C#N)ccc1C. The average Bonchev–Trinajstić information content (AvgIpc) is 2.40. The summed E-state index contributed by atoms with van der Waals surface area (Å²) < 4.78 is 0. The van der Waals surface area contributed by atoms with E-state index in [1.165, 1.54) is 7.05 Å². The van der Waals surface area contributed by atoms with Crippen LogP contribution in [0.4, 0.5) is 10.5 Å². The molecule has 0 fully saturated rings. The number of anilines is 1. The number of carbonyl (C=O) groups is 2. The highest BCUT2D eigenvalue weighted by molar-refractivity contribution is 5.97. The summed E-state index contributed by atoms with van der Waals surface area (Å²) in [4.78, 5) is 22.7. The van der Waals surface area contributed by atoms with Gasteiger partial charge in [-0.1, -0.05) is 6.07 Å². The minimum Gasteiger partial charge on any atom is -0.374 e. The lowest BCUT2D eigenvalue weighted by Crippen LogP contribution is -2.44. The van der Waals surface area contributed by atoms with E-state index in [0.717, 1.165) is 5.56 Å². The van der Waals surface area contributed by atoms with E-state index in [1.807, 2.05) is 13.0 Å². The van der Waals surface area contributed by atoms with Crippen molar-refractivity contribution in [3.05, 3.63) is 29.3 Å². The molecular weight excluding hydrogens is 244 g/mol. The van der Waals surface area contributed by atoms with E-state index in [2.05, 4.69) is 16.0 Å². The largest absolute Gasteiger partial charge is 0.374 e. The van der Waals surface area contributed by atoms with E-state index in [4.69, 9.17) is 5.26 Å². The second kappa shape index (κ2) is 6.40. The third-order valence-corrected chi connectivity index (χ3v) is 2.60. The van der Waals surface area contributed by atoms with Gasteiger partial charge in [0, 0.05) is 12.7 Å². The second-order valence-corrected chi connectivity index (χ2v) is 4.08. The third kappa shape index (κ3) is 4.00. The number of hydrogen-bond acceptors (Lipinski definition) is 4. The molecule has 3 N–H and O–H groups in total. The summed E-state index contributed by atoms with van der Waals surface area (Å²) >= 11 is 0. The van der Waals surface area contributed by atoms with Crippen molar-refractivity contribution < 1.29 is 9.59 Å². The predicted octanol–water partition coefficient (Wildman–Crippen LogP) is 1.12. The molecule has 1 unspecified atom stereocenters. The molecule has 0 aliphatic heterocycles. The van der Waals surface area contributed by atoms with Gasteiger partial charge in [-0.3, -0.25) is 10.1 Å². The Labute approximate surface area is 111 Å². The highest BCUT2D eigenvalue weighted by Crippen LogP contribution is 2.17. The van der Waals surface area contributed by atoms with Crippen molar-refractivity contribution in [1.29, 1.82) is 5.26 Å². The molecule has 6 nitrogen and oxygen atoms in total. The van der Waals surface area contributed by atoms with Crippen LogP contribution in [0.3, 0.4) is 0 Å². The molecule has 0 aliphatic carbocycles. The first kappa shape index (κ1) is 14.5. The van der Waals surface area contributed by atoms with Gasteiger partial charge in [0.15, 0.2) is 0 Å². The summed E-state index contributed by atoms with van der Waals surface area (Å²) in [5.41, 5.74) is 2.12. The Morgan fingerprint density at radius 3 is 2.63 bits per heavy atom. The van der Waals surface area contributed by atoms with Gasteiger partial charge in [-0.2, -0.15) is 5.26 Å². The smallest absolute Gasteiger partial charge is 0.321 e. The summed E-state index contributed by atoms with van der Waals surface area (Å²) in [5.74, 6) is -0.443. The molecule has 1 aromatic carbocycles. The Kier molecular flexibility index (Phi) is 4.89. The Hall–Kier alpha value is -2.55. The standard InChI is InChI=1S/C13H16N4O2/c1-8-4-5-10(7-14)6-11(8)16-9(2)12(18)17-13(19)15-3/h4-6,9,16H,1-3H3,(H2,15,17,18,19). The fourth-order valence-electron chi connectivity index (χ4n) is 1.43. The molecule has 0 aliphatic rings. The molecule has 0 saturated carbocycles. The molecule has 19 heavy (non-hydrogen) atoms. The first-order chi connectivity index (χ1) is 8.97. The predicted molar refractivity (Wildman–Crippen MR) is 71.6 cm³/mol. The van der Waals surface area contributed by atoms with Gasteiger partial charge in [-0.05, 0) is 31.5 Å². The van der Waals surface area contributed by atoms with Crippen LogP contribution in [0.5, 0.6) is 0 Å². The normalized spacial score (nSPS) is 11.1. The highest BCUT2D eigenvalue weighted by Gasteiger charge is 2.15. The Balaban J connectivity index is 2.76. The Morgan fingerprint density at radius 1 is 1.37 bits per heavy atom. The van der Waals surface area contributed by atoms with Crippen LogP contribution >= 0.6 is 0 Å². The number of nitrogens with one attached hydrogen (secondary N) is 3. The molecule has 1 aromatic rings. The van der Waals surface area contributed by atoms with Crippen LogP contribution in [-0.4, -0.2) is 25.0 Å².